The highest BCUT2D eigenvalue weighted by Crippen LogP contribution is 2.15. The summed E-state index contributed by atoms with van der Waals surface area (Å²) in [7, 11) is 0. The first kappa shape index (κ1) is 12.5. The predicted molar refractivity (Wildman–Crippen MR) is 27.4 cm³/mol. The first-order chi connectivity index (χ1) is 6.05. The fourth-order valence-electron chi connectivity index (χ4n) is 0.228. The summed E-state index contributed by atoms with van der Waals surface area (Å²) in [5, 5.41) is 0. The second-order valence-corrected chi connectivity index (χ2v) is 1.85. The van der Waals surface area contributed by atoms with Gasteiger partial charge in [-0.25, -0.2) is 5.43 Å². The molecule has 0 aromatic heterocycles. The monoisotopic (exact) mass is 223 g/mol. The molecule has 14 heavy (non-hydrogen) atoms. The molecule has 0 fully saturated rings. The Morgan fingerprint density at radius 2 is 1.36 bits per heavy atom. The second kappa shape index (κ2) is 3.72. The molecule has 0 unspecified atom stereocenters. The van der Waals surface area contributed by atoms with E-state index in [1.165, 1.54) is 0 Å². The number of nitrogens with one attached hydrogen (secondary N) is 1. The molecule has 10 heteroatoms. The smallest absolute Gasteiger partial charge is 0.263 e. The Morgan fingerprint density at radius 1 is 0.929 bits per heavy atom. The third-order valence-corrected chi connectivity index (χ3v) is 0.759. The van der Waals surface area contributed by atoms with E-state index >= 15 is 0 Å². The molecule has 0 saturated heterocycles. The van der Waals surface area contributed by atoms with E-state index in [9.17, 15) is 35.9 Å². The minimum Gasteiger partial charge on any atom is -0.263 e. The number of hydrogen-bond donors (Lipinski definition) is 1. The number of carbonyl (C=O) groups excluding carboxylic acids is 2. The van der Waals surface area contributed by atoms with Gasteiger partial charge < -0.3 is 0 Å². The lowest BCUT2D eigenvalue weighted by Crippen LogP contribution is -2.47. The minimum absolute atomic E-state index is 0.420. The molecule has 2 amide bonds. The van der Waals surface area contributed by atoms with Gasteiger partial charge in [-0.1, -0.05) is 0 Å². The van der Waals surface area contributed by atoms with E-state index in [1.54, 1.807) is 5.43 Å². The van der Waals surface area contributed by atoms with E-state index in [-0.39, 0.29) is 0 Å². The van der Waals surface area contributed by atoms with Crippen molar-refractivity contribution in [2.75, 3.05) is 0 Å². The molecule has 0 aliphatic carbocycles. The van der Waals surface area contributed by atoms with Gasteiger partial charge in [-0.05, 0) is 0 Å². The summed E-state index contributed by atoms with van der Waals surface area (Å²) in [6.07, 6.45) is -10.8. The summed E-state index contributed by atoms with van der Waals surface area (Å²) < 4.78 is 68.0. The van der Waals surface area contributed by atoms with Gasteiger partial charge in [-0.2, -0.15) is 26.3 Å². The van der Waals surface area contributed by atoms with E-state index in [0.717, 1.165) is 0 Å². The van der Waals surface area contributed by atoms with Gasteiger partial charge in [0.15, 0.2) is 0 Å². The Bertz CT molecular complexity index is 217. The Morgan fingerprint density at radius 3 is 1.64 bits per heavy atom. The lowest BCUT2D eigenvalue weighted by Gasteiger charge is -2.07. The summed E-state index contributed by atoms with van der Waals surface area (Å²) in [4.78, 5) is 19.7. The number of halogens is 6. The number of carbonyl (C=O) groups is 2. The van der Waals surface area contributed by atoms with E-state index < -0.39 is 24.2 Å². The highest BCUT2D eigenvalue weighted by atomic mass is 19.4. The average Bonchev–Trinajstić information content (AvgIpc) is 1.95. The van der Waals surface area contributed by atoms with Crippen molar-refractivity contribution in [2.45, 2.75) is 12.4 Å². The topological polar surface area (TPSA) is 60.3 Å². The van der Waals surface area contributed by atoms with E-state index in [4.69, 9.17) is 0 Å². The van der Waals surface area contributed by atoms with Gasteiger partial charge in [-0.3, -0.25) is 9.59 Å². The van der Waals surface area contributed by atoms with Gasteiger partial charge in [0.1, 0.15) is 0 Å². The number of nitrogens with zero attached hydrogens (tertiary/aromatic N) is 1. The van der Waals surface area contributed by atoms with Crippen molar-refractivity contribution in [3.63, 3.8) is 0 Å². The molecule has 0 heterocycles. The number of hydrogen-bond acceptors (Lipinski definition) is 2. The molecule has 0 rings (SSSR count). The molecule has 0 saturated carbocycles. The molecule has 4 nitrogen and oxygen atoms in total. The van der Waals surface area contributed by atoms with E-state index in [1.807, 2.05) is 0 Å². The Kier molecular flexibility index (Phi) is 3.32. The van der Waals surface area contributed by atoms with Gasteiger partial charge in [0.25, 0.3) is 0 Å². The van der Waals surface area contributed by atoms with Crippen LogP contribution in [0, 0.1) is 0 Å². The molecular weight excluding hydrogens is 222 g/mol. The Hall–Kier alpha value is -1.48. The summed E-state index contributed by atoms with van der Waals surface area (Å²) in [5.74, 6) is -5.58. The normalized spacial score (nSPS) is 12.1. The standard InChI is InChI=1S/C4HF6N2O2/c5-3(6,7)1(13)11-12-2(14)4(8,9)10/h(H,11,13). The molecule has 0 aromatic rings. The third kappa shape index (κ3) is 3.96. The van der Waals surface area contributed by atoms with Crippen LogP contribution in [0.1, 0.15) is 0 Å². The molecule has 81 valence electrons. The SMILES string of the molecule is O=C([N]NC(=O)C(F)(F)F)C(F)(F)F. The van der Waals surface area contributed by atoms with Crippen LogP contribution in [0.3, 0.4) is 0 Å². The van der Waals surface area contributed by atoms with Gasteiger partial charge in [0, 0.05) is 0 Å². The lowest BCUT2D eigenvalue weighted by molar-refractivity contribution is -0.182. The van der Waals surface area contributed by atoms with E-state index in [0.29, 0.717) is 5.43 Å². The van der Waals surface area contributed by atoms with Crippen molar-refractivity contribution in [2.24, 2.45) is 0 Å². The van der Waals surface area contributed by atoms with Crippen molar-refractivity contribution in [1.29, 1.82) is 0 Å². The van der Waals surface area contributed by atoms with Crippen LogP contribution in [-0.2, 0) is 9.59 Å². The minimum atomic E-state index is -5.42. The molecule has 0 spiro atoms. The maximum absolute atomic E-state index is 11.3. The van der Waals surface area contributed by atoms with Crippen LogP contribution < -0.4 is 10.9 Å². The molecular formula is C4HF6N2O2. The van der Waals surface area contributed by atoms with Crippen molar-refractivity contribution in [3.05, 3.63) is 0 Å². The number of alkyl halides is 6. The second-order valence-electron chi connectivity index (χ2n) is 1.85. The summed E-state index contributed by atoms with van der Waals surface area (Å²) in [5.41, 5.74) is 2.10. The highest BCUT2D eigenvalue weighted by Gasteiger charge is 2.43. The average molecular weight is 223 g/mol. The summed E-state index contributed by atoms with van der Waals surface area (Å²) in [6, 6.07) is 0. The van der Waals surface area contributed by atoms with Crippen molar-refractivity contribution in [1.82, 2.24) is 10.9 Å². The van der Waals surface area contributed by atoms with Crippen LogP contribution in [0.15, 0.2) is 0 Å². The lowest BCUT2D eigenvalue weighted by atomic mass is 10.6. The fraction of sp³-hybridized carbons (Fsp3) is 0.500. The molecule has 1 N–H and O–H groups in total. The van der Waals surface area contributed by atoms with Crippen LogP contribution in [0.4, 0.5) is 26.3 Å². The van der Waals surface area contributed by atoms with Crippen LogP contribution >= 0.6 is 0 Å². The molecule has 0 aliphatic rings. The van der Waals surface area contributed by atoms with Crippen molar-refractivity contribution < 1.29 is 35.9 Å². The largest absolute Gasteiger partial charge is 0.475 e. The fourth-order valence-corrected chi connectivity index (χ4v) is 0.228. The first-order valence-corrected chi connectivity index (χ1v) is 2.74. The zero-order valence-corrected chi connectivity index (χ0v) is 6.03. The Labute approximate surface area is 72.2 Å². The summed E-state index contributed by atoms with van der Waals surface area (Å²) >= 11 is 0. The van der Waals surface area contributed by atoms with Gasteiger partial charge in [-0.15, -0.1) is 5.43 Å². The third-order valence-electron chi connectivity index (χ3n) is 0.759. The molecule has 0 atom stereocenters. The van der Waals surface area contributed by atoms with Gasteiger partial charge in [0.2, 0.25) is 0 Å². The zero-order chi connectivity index (χ0) is 11.6. The van der Waals surface area contributed by atoms with Crippen molar-refractivity contribution >= 4 is 11.8 Å². The van der Waals surface area contributed by atoms with Gasteiger partial charge >= 0.3 is 24.2 Å². The van der Waals surface area contributed by atoms with Crippen LogP contribution in [0.2, 0.25) is 0 Å². The zero-order valence-electron chi connectivity index (χ0n) is 6.03. The van der Waals surface area contributed by atoms with Crippen molar-refractivity contribution in [3.8, 4) is 0 Å². The number of rotatable bonds is 0. The summed E-state index contributed by atoms with van der Waals surface area (Å²) in [6.45, 7) is 0. The molecule has 1 radical (unpaired) electrons. The number of amides is 2. The van der Waals surface area contributed by atoms with Gasteiger partial charge in [0.05, 0.1) is 0 Å². The first-order valence-electron chi connectivity index (χ1n) is 2.74. The maximum Gasteiger partial charge on any atom is 0.475 e. The highest BCUT2D eigenvalue weighted by molar-refractivity contribution is 5.87. The quantitative estimate of drug-likeness (QED) is 0.473. The molecule has 0 aromatic carbocycles. The van der Waals surface area contributed by atoms with E-state index in [2.05, 4.69) is 0 Å². The molecule has 0 aliphatic heterocycles. The molecule has 0 bridgehead atoms. The Balaban J connectivity index is 4.10. The van der Waals surface area contributed by atoms with Crippen LogP contribution in [-0.4, -0.2) is 24.2 Å². The van der Waals surface area contributed by atoms with Crippen LogP contribution in [0.5, 0.6) is 0 Å². The maximum atomic E-state index is 11.3. The van der Waals surface area contributed by atoms with Crippen LogP contribution in [0.25, 0.3) is 0 Å². The predicted octanol–water partition coefficient (Wildman–Crippen LogP) is 0.273.